The van der Waals surface area contributed by atoms with Crippen molar-refractivity contribution in [3.8, 4) is 0 Å². The smallest absolute Gasteiger partial charge is 0.137 e. The summed E-state index contributed by atoms with van der Waals surface area (Å²) >= 11 is -0.228. The van der Waals surface area contributed by atoms with Crippen LogP contribution in [0.2, 0.25) is 0 Å². The van der Waals surface area contributed by atoms with Gasteiger partial charge in [0.1, 0.15) is 36.7 Å². The lowest BCUT2D eigenvalue weighted by atomic mass is 9.80. The van der Waals surface area contributed by atoms with E-state index in [1.165, 1.54) is 0 Å². The second kappa shape index (κ2) is 13.0. The number of aliphatic hydroxyl groups is 8. The number of nitrogens with one attached hydrogen (secondary N) is 2. The molecular formula is C18H35IN2O9. The third kappa shape index (κ3) is 6.83. The molecule has 11 nitrogen and oxygen atoms in total. The number of halogens is 1. The molecule has 2 rings (SSSR count). The van der Waals surface area contributed by atoms with Gasteiger partial charge in [0.15, 0.2) is 0 Å². The normalized spacial score (nSPS) is 42.9. The lowest BCUT2D eigenvalue weighted by Gasteiger charge is -2.40. The molecule has 1 heterocycles. The number of aliphatic hydroxyl groups excluding tert-OH is 8. The van der Waals surface area contributed by atoms with E-state index in [2.05, 4.69) is 14.6 Å². The summed E-state index contributed by atoms with van der Waals surface area (Å²) in [6, 6.07) is -0.377. The van der Waals surface area contributed by atoms with Crippen LogP contribution in [0.4, 0.5) is 0 Å². The summed E-state index contributed by atoms with van der Waals surface area (Å²) in [7, 11) is 0. The number of hydrogen-bond donors (Lipinski definition) is 10. The molecule has 10 atom stereocenters. The highest BCUT2D eigenvalue weighted by molar-refractivity contribution is 14.2. The van der Waals surface area contributed by atoms with Crippen LogP contribution >= 0.6 is 20.7 Å². The zero-order valence-electron chi connectivity index (χ0n) is 16.7. The van der Waals surface area contributed by atoms with Gasteiger partial charge in [-0.05, 0) is 12.8 Å². The van der Waals surface area contributed by atoms with Crippen molar-refractivity contribution in [1.82, 2.24) is 10.6 Å². The molecule has 1 saturated heterocycles. The van der Waals surface area contributed by atoms with E-state index in [9.17, 15) is 40.9 Å². The number of hydrogen-bond acceptors (Lipinski definition) is 11. The van der Waals surface area contributed by atoms with E-state index in [1.807, 2.05) is 0 Å². The Bertz CT molecular complexity index is 484. The fraction of sp³-hybridized carbons (Fsp3) is 0.944. The van der Waals surface area contributed by atoms with E-state index in [-0.39, 0.29) is 33.4 Å². The molecule has 0 amide bonds. The summed E-state index contributed by atoms with van der Waals surface area (Å²) in [5, 5.41) is 83.8. The third-order valence-electron chi connectivity index (χ3n) is 5.60. The van der Waals surface area contributed by atoms with Crippen molar-refractivity contribution in [3.63, 3.8) is 0 Å². The maximum absolute atomic E-state index is 10.1. The Labute approximate surface area is 185 Å². The van der Waals surface area contributed by atoms with Crippen LogP contribution in [0.25, 0.3) is 0 Å². The van der Waals surface area contributed by atoms with Crippen molar-refractivity contribution in [2.24, 2.45) is 5.92 Å². The van der Waals surface area contributed by atoms with Crippen LogP contribution in [0.15, 0.2) is 0 Å². The highest BCUT2D eigenvalue weighted by Crippen LogP contribution is 2.25. The van der Waals surface area contributed by atoms with E-state index >= 15 is 0 Å². The number of ether oxygens (including phenoxy) is 1. The van der Waals surface area contributed by atoms with E-state index in [0.29, 0.717) is 25.9 Å². The van der Waals surface area contributed by atoms with E-state index in [1.54, 1.807) is 0 Å². The molecule has 12 heteroatoms. The van der Waals surface area contributed by atoms with E-state index in [0.717, 1.165) is 4.43 Å². The third-order valence-corrected chi connectivity index (χ3v) is 8.00. The van der Waals surface area contributed by atoms with Crippen LogP contribution in [0.1, 0.15) is 12.8 Å². The van der Waals surface area contributed by atoms with Gasteiger partial charge in [0.25, 0.3) is 0 Å². The topological polar surface area (TPSA) is 195 Å². The standard InChI is InChI=1S/C18H35IN2O9/c22-7-9-6-10(13(25)15(27)12(9)24)20-5-3-19-2-1-4-21-18-17(29)16(28)14(26)11(8-23)30-18/h2,9-18,20-29H,1,3-8H2. The fourth-order valence-corrected chi connectivity index (χ4v) is 5.52. The quantitative estimate of drug-likeness (QED) is 0.0717. The average molecular weight is 550 g/mol. The molecule has 2 aliphatic rings. The molecule has 10 unspecified atom stereocenters. The van der Waals surface area contributed by atoms with Gasteiger partial charge in [-0.25, -0.2) is 0 Å². The lowest BCUT2D eigenvalue weighted by Crippen LogP contribution is -2.62. The maximum atomic E-state index is 10.1. The minimum Gasteiger partial charge on any atom is -0.396 e. The Balaban J connectivity index is 1.63. The van der Waals surface area contributed by atoms with Gasteiger partial charge in [0.2, 0.25) is 0 Å². The molecule has 1 saturated carbocycles. The Morgan fingerprint density at radius 1 is 0.800 bits per heavy atom. The lowest BCUT2D eigenvalue weighted by molar-refractivity contribution is -0.236. The van der Waals surface area contributed by atoms with Gasteiger partial charge in [0, 0.05) is 36.1 Å². The molecule has 0 radical (unpaired) electrons. The highest BCUT2D eigenvalue weighted by Gasteiger charge is 2.43. The molecule has 10 N–H and O–H groups in total. The summed E-state index contributed by atoms with van der Waals surface area (Å²) in [6.45, 7) is 0.440. The predicted octanol–water partition coefficient (Wildman–Crippen LogP) is -4.41. The van der Waals surface area contributed by atoms with Crippen LogP contribution in [0.3, 0.4) is 0 Å². The summed E-state index contributed by atoms with van der Waals surface area (Å²) in [5.74, 6) is -0.462. The van der Waals surface area contributed by atoms with Crippen LogP contribution in [0.5, 0.6) is 0 Å². The first-order valence-electron chi connectivity index (χ1n) is 10.1. The molecule has 0 bridgehead atoms. The van der Waals surface area contributed by atoms with Crippen molar-refractivity contribution in [3.05, 3.63) is 0 Å². The largest absolute Gasteiger partial charge is 0.396 e. The Kier molecular flexibility index (Phi) is 11.5. The van der Waals surface area contributed by atoms with Gasteiger partial charge in [0.05, 0.1) is 18.8 Å². The zero-order valence-corrected chi connectivity index (χ0v) is 18.8. The van der Waals surface area contributed by atoms with Crippen LogP contribution in [-0.2, 0) is 4.74 Å². The van der Waals surface area contributed by atoms with Crippen molar-refractivity contribution >= 4 is 24.7 Å². The van der Waals surface area contributed by atoms with E-state index in [4.69, 9.17) is 4.74 Å². The SMILES string of the molecule is OCC1CC(NCCI=CCCNC2OC(CO)C(O)C(O)C2O)C(O)C(O)C1O. The molecule has 1 aliphatic heterocycles. The van der Waals surface area contributed by atoms with Crippen LogP contribution < -0.4 is 10.6 Å². The predicted molar refractivity (Wildman–Crippen MR) is 116 cm³/mol. The summed E-state index contributed by atoms with van der Waals surface area (Å²) < 4.78 is 8.41. The average Bonchev–Trinajstić information content (AvgIpc) is 2.75. The Morgan fingerprint density at radius 2 is 1.50 bits per heavy atom. The Hall–Kier alpha value is 0.160. The molecule has 178 valence electrons. The molecule has 0 aromatic carbocycles. The second-order valence-electron chi connectivity index (χ2n) is 7.70. The van der Waals surface area contributed by atoms with Gasteiger partial charge >= 0.3 is 0 Å². The zero-order chi connectivity index (χ0) is 22.3. The maximum Gasteiger partial charge on any atom is 0.137 e. The molecule has 0 aromatic heterocycles. The highest BCUT2D eigenvalue weighted by atomic mass is 127. The van der Waals surface area contributed by atoms with Crippen LogP contribution in [-0.4, -0.2) is 131 Å². The first-order valence-corrected chi connectivity index (χ1v) is 12.9. The number of alkyl halides is 1. The first-order chi connectivity index (χ1) is 14.3. The Morgan fingerprint density at radius 3 is 2.17 bits per heavy atom. The van der Waals surface area contributed by atoms with Gasteiger partial charge in [-0.2, -0.15) is 0 Å². The summed E-state index contributed by atoms with van der Waals surface area (Å²) in [4.78, 5) is 0. The summed E-state index contributed by atoms with van der Waals surface area (Å²) in [6.07, 6.45) is -8.22. The fourth-order valence-electron chi connectivity index (χ4n) is 3.71. The van der Waals surface area contributed by atoms with Crippen molar-refractivity contribution < 1.29 is 45.6 Å². The molecule has 0 aromatic rings. The molecule has 1 aliphatic carbocycles. The molecule has 2 fully saturated rings. The monoisotopic (exact) mass is 550 g/mol. The van der Waals surface area contributed by atoms with Gasteiger partial charge in [-0.1, -0.05) is 4.01 Å². The molecule has 30 heavy (non-hydrogen) atoms. The van der Waals surface area contributed by atoms with Crippen molar-refractivity contribution in [1.29, 1.82) is 0 Å². The minimum absolute atomic E-state index is 0.228. The van der Waals surface area contributed by atoms with Gasteiger partial charge in [-0.15, -0.1) is 20.7 Å². The van der Waals surface area contributed by atoms with Crippen LogP contribution in [0, 0.1) is 5.92 Å². The molecule has 0 spiro atoms. The van der Waals surface area contributed by atoms with E-state index < -0.39 is 61.5 Å². The second-order valence-corrected chi connectivity index (χ2v) is 10.5. The summed E-state index contributed by atoms with van der Waals surface area (Å²) in [5.41, 5.74) is 0. The van der Waals surface area contributed by atoms with Gasteiger partial charge in [-0.3, -0.25) is 5.32 Å². The van der Waals surface area contributed by atoms with Crippen molar-refractivity contribution in [2.45, 2.75) is 67.8 Å². The number of rotatable bonds is 10. The first kappa shape index (κ1) is 26.4. The van der Waals surface area contributed by atoms with Crippen molar-refractivity contribution in [2.75, 3.05) is 30.7 Å². The minimum atomic E-state index is -1.39. The van der Waals surface area contributed by atoms with Gasteiger partial charge < -0.3 is 50.9 Å². The molecular weight excluding hydrogens is 515 g/mol.